The van der Waals surface area contributed by atoms with Gasteiger partial charge < -0.3 is 10.0 Å². The zero-order valence-electron chi connectivity index (χ0n) is 10.4. The molecule has 0 bridgehead atoms. The van der Waals surface area contributed by atoms with Crippen LogP contribution in [-0.2, 0) is 4.79 Å². The highest BCUT2D eigenvalue weighted by Gasteiger charge is 2.15. The highest BCUT2D eigenvalue weighted by Crippen LogP contribution is 2.25. The second-order valence-electron chi connectivity index (χ2n) is 3.95. The molecule has 0 aliphatic heterocycles. The van der Waals surface area contributed by atoms with Gasteiger partial charge in [-0.15, -0.1) is 0 Å². The molecule has 0 aliphatic rings. The molecule has 0 heterocycles. The van der Waals surface area contributed by atoms with E-state index >= 15 is 0 Å². The molecule has 0 spiro atoms. The molecule has 7 nitrogen and oxygen atoms in total. The molecule has 1 aromatic carbocycles. The van der Waals surface area contributed by atoms with Crippen LogP contribution in [0, 0.1) is 28.4 Å². The van der Waals surface area contributed by atoms with Crippen molar-refractivity contribution < 1.29 is 14.8 Å². The van der Waals surface area contributed by atoms with E-state index in [2.05, 4.69) is 0 Å². The number of nitrogens with zero attached hydrogens (tertiary/aromatic N) is 3. The molecule has 0 aromatic heterocycles. The molecule has 0 saturated heterocycles. The zero-order valence-corrected chi connectivity index (χ0v) is 10.4. The van der Waals surface area contributed by atoms with Crippen molar-refractivity contribution in [1.29, 1.82) is 5.26 Å². The highest BCUT2D eigenvalue weighted by atomic mass is 16.6. The van der Waals surface area contributed by atoms with E-state index in [-0.39, 0.29) is 25.2 Å². The van der Waals surface area contributed by atoms with Crippen molar-refractivity contribution in [1.82, 2.24) is 0 Å². The van der Waals surface area contributed by atoms with Crippen LogP contribution >= 0.6 is 0 Å². The summed E-state index contributed by atoms with van der Waals surface area (Å²) in [5.41, 5.74) is 1.18. The summed E-state index contributed by atoms with van der Waals surface area (Å²) in [5.74, 6) is -0.981. The van der Waals surface area contributed by atoms with Crippen molar-refractivity contribution >= 4 is 17.3 Å². The Labute approximate surface area is 109 Å². The van der Waals surface area contributed by atoms with Gasteiger partial charge in [0, 0.05) is 24.4 Å². The van der Waals surface area contributed by atoms with Crippen molar-refractivity contribution in [2.24, 2.45) is 0 Å². The molecular weight excluding hydrogens is 250 g/mol. The van der Waals surface area contributed by atoms with Crippen molar-refractivity contribution in [3.05, 3.63) is 33.9 Å². The molecular formula is C12H13N3O4. The Morgan fingerprint density at radius 2 is 2.26 bits per heavy atom. The first-order valence-electron chi connectivity index (χ1n) is 5.54. The minimum absolute atomic E-state index is 0.0186. The second kappa shape index (κ2) is 6.35. The summed E-state index contributed by atoms with van der Waals surface area (Å²) in [7, 11) is 0. The van der Waals surface area contributed by atoms with E-state index in [4.69, 9.17) is 10.4 Å². The molecule has 0 amide bonds. The number of nitro benzene ring substituents is 1. The van der Waals surface area contributed by atoms with E-state index in [1.807, 2.05) is 6.07 Å². The Morgan fingerprint density at radius 1 is 1.58 bits per heavy atom. The first-order chi connectivity index (χ1) is 8.95. The SMILES string of the molecule is Cc1ccc([N+](=O)[O-])cc1N(CC#N)CCC(=O)O. The van der Waals surface area contributed by atoms with Crippen LogP contribution in [-0.4, -0.2) is 29.1 Å². The number of hydrogen-bond donors (Lipinski definition) is 1. The van der Waals surface area contributed by atoms with Crippen LogP contribution in [0.5, 0.6) is 0 Å². The number of carbonyl (C=O) groups is 1. The maximum atomic E-state index is 10.7. The number of aryl methyl sites for hydroxylation is 1. The van der Waals surface area contributed by atoms with Crippen LogP contribution in [0.3, 0.4) is 0 Å². The maximum absolute atomic E-state index is 10.7. The Balaban J connectivity index is 3.06. The number of carboxylic acid groups (broad SMARTS) is 1. The highest BCUT2D eigenvalue weighted by molar-refractivity contribution is 5.68. The molecule has 0 aliphatic carbocycles. The summed E-state index contributed by atoms with van der Waals surface area (Å²) in [6.07, 6.45) is -0.135. The van der Waals surface area contributed by atoms with E-state index in [1.54, 1.807) is 13.0 Å². The summed E-state index contributed by atoms with van der Waals surface area (Å²) in [5, 5.41) is 28.2. The van der Waals surface area contributed by atoms with Gasteiger partial charge in [-0.25, -0.2) is 0 Å². The normalized spacial score (nSPS) is 9.68. The van der Waals surface area contributed by atoms with Crippen LogP contribution in [0.2, 0.25) is 0 Å². The third kappa shape index (κ3) is 3.96. The zero-order chi connectivity index (χ0) is 14.4. The smallest absolute Gasteiger partial charge is 0.305 e. The molecule has 0 radical (unpaired) electrons. The van der Waals surface area contributed by atoms with E-state index in [1.165, 1.54) is 17.0 Å². The monoisotopic (exact) mass is 263 g/mol. The van der Waals surface area contributed by atoms with E-state index in [9.17, 15) is 14.9 Å². The Kier molecular flexibility index (Phi) is 4.83. The summed E-state index contributed by atoms with van der Waals surface area (Å²) in [6, 6.07) is 6.24. The molecule has 0 fully saturated rings. The van der Waals surface area contributed by atoms with Crippen molar-refractivity contribution in [3.8, 4) is 6.07 Å². The van der Waals surface area contributed by atoms with Crippen molar-refractivity contribution in [2.75, 3.05) is 18.0 Å². The number of anilines is 1. The molecule has 7 heteroatoms. The van der Waals surface area contributed by atoms with E-state index < -0.39 is 10.9 Å². The van der Waals surface area contributed by atoms with Gasteiger partial charge in [0.25, 0.3) is 5.69 Å². The lowest BCUT2D eigenvalue weighted by Gasteiger charge is -2.22. The molecule has 1 rings (SSSR count). The van der Waals surface area contributed by atoms with Gasteiger partial charge in [0.1, 0.15) is 6.54 Å². The van der Waals surface area contributed by atoms with Gasteiger partial charge in [-0.05, 0) is 12.5 Å². The second-order valence-corrected chi connectivity index (χ2v) is 3.95. The summed E-state index contributed by atoms with van der Waals surface area (Å²) in [6.45, 7) is 1.87. The van der Waals surface area contributed by atoms with Crippen LogP contribution in [0.4, 0.5) is 11.4 Å². The van der Waals surface area contributed by atoms with Crippen LogP contribution in [0.15, 0.2) is 18.2 Å². The van der Waals surface area contributed by atoms with E-state index in [0.29, 0.717) is 5.69 Å². The number of nitro groups is 1. The van der Waals surface area contributed by atoms with Crippen molar-refractivity contribution in [3.63, 3.8) is 0 Å². The number of nitriles is 1. The van der Waals surface area contributed by atoms with Crippen LogP contribution in [0.1, 0.15) is 12.0 Å². The summed E-state index contributed by atoms with van der Waals surface area (Å²) < 4.78 is 0. The molecule has 19 heavy (non-hydrogen) atoms. The minimum atomic E-state index is -0.981. The first kappa shape index (κ1) is 14.4. The number of rotatable bonds is 6. The third-order valence-electron chi connectivity index (χ3n) is 2.60. The first-order valence-corrected chi connectivity index (χ1v) is 5.54. The van der Waals surface area contributed by atoms with Gasteiger partial charge in [-0.1, -0.05) is 6.07 Å². The predicted molar refractivity (Wildman–Crippen MR) is 67.9 cm³/mol. The Hall–Kier alpha value is -2.62. The van der Waals surface area contributed by atoms with E-state index in [0.717, 1.165) is 5.56 Å². The fraction of sp³-hybridized carbons (Fsp3) is 0.333. The molecule has 1 aromatic rings. The largest absolute Gasteiger partial charge is 0.481 e. The van der Waals surface area contributed by atoms with Gasteiger partial charge in [0.2, 0.25) is 0 Å². The van der Waals surface area contributed by atoms with Crippen LogP contribution in [0.25, 0.3) is 0 Å². The lowest BCUT2D eigenvalue weighted by molar-refractivity contribution is -0.384. The van der Waals surface area contributed by atoms with Gasteiger partial charge >= 0.3 is 5.97 Å². The summed E-state index contributed by atoms with van der Waals surface area (Å²) >= 11 is 0. The molecule has 0 unspecified atom stereocenters. The van der Waals surface area contributed by atoms with Gasteiger partial charge in [0.05, 0.1) is 17.4 Å². The van der Waals surface area contributed by atoms with Gasteiger partial charge in [-0.2, -0.15) is 5.26 Å². The third-order valence-corrected chi connectivity index (χ3v) is 2.60. The fourth-order valence-electron chi connectivity index (χ4n) is 1.65. The summed E-state index contributed by atoms with van der Waals surface area (Å²) in [4.78, 5) is 22.3. The topological polar surface area (TPSA) is 107 Å². The predicted octanol–water partition coefficient (Wildman–Crippen LogP) is 1.71. The minimum Gasteiger partial charge on any atom is -0.481 e. The number of benzene rings is 1. The molecule has 0 saturated carbocycles. The van der Waals surface area contributed by atoms with Crippen LogP contribution < -0.4 is 4.90 Å². The molecule has 100 valence electrons. The lowest BCUT2D eigenvalue weighted by Crippen LogP contribution is -2.27. The maximum Gasteiger partial charge on any atom is 0.305 e. The van der Waals surface area contributed by atoms with Crippen molar-refractivity contribution in [2.45, 2.75) is 13.3 Å². The number of non-ortho nitro benzene ring substituents is 1. The standard InChI is InChI=1S/C12H13N3O4/c1-9-2-3-10(15(18)19)8-11(9)14(7-5-13)6-4-12(16)17/h2-3,8H,4,6-7H2,1H3,(H,16,17). The number of hydrogen-bond acceptors (Lipinski definition) is 5. The molecule has 0 atom stereocenters. The lowest BCUT2D eigenvalue weighted by atomic mass is 10.1. The average molecular weight is 263 g/mol. The quantitative estimate of drug-likeness (QED) is 0.475. The number of carboxylic acids is 1. The average Bonchev–Trinajstić information content (AvgIpc) is 2.35. The Bertz CT molecular complexity index is 536. The number of aliphatic carboxylic acids is 1. The van der Waals surface area contributed by atoms with Gasteiger partial charge in [-0.3, -0.25) is 14.9 Å². The molecule has 1 N–H and O–H groups in total. The Morgan fingerprint density at radius 3 is 2.79 bits per heavy atom. The van der Waals surface area contributed by atoms with Gasteiger partial charge in [0.15, 0.2) is 0 Å². The fourth-order valence-corrected chi connectivity index (χ4v) is 1.65.